The van der Waals surface area contributed by atoms with Crippen LogP contribution >= 0.6 is 11.8 Å². The summed E-state index contributed by atoms with van der Waals surface area (Å²) in [6.45, 7) is 2.67. The van der Waals surface area contributed by atoms with E-state index >= 15 is 0 Å². The number of amidine groups is 1. The number of nitrogens with zero attached hydrogens (tertiary/aromatic N) is 2. The van der Waals surface area contributed by atoms with Gasteiger partial charge in [0.05, 0.1) is 6.04 Å². The minimum absolute atomic E-state index is 0.231. The summed E-state index contributed by atoms with van der Waals surface area (Å²) in [6, 6.07) is 8.70. The van der Waals surface area contributed by atoms with Crippen LogP contribution in [0.25, 0.3) is 0 Å². The standard InChI is InChI=1S/C22H28FN3O2S/c23-17-5-7-20(8-6-17)28-14-19(27)13-26-11-9-18(10-12-26)24-22-25-21-4-2-1-3-16(21)15-29-22/h1-5,7-8,17-19,27H,6,9-15H2,(H,24,25). The number of nitrogens with one attached hydrogen (secondary N) is 1. The highest BCUT2D eigenvalue weighted by molar-refractivity contribution is 8.13. The number of likely N-dealkylation sites (tertiary alicyclic amines) is 1. The third-order valence-corrected chi connectivity index (χ3v) is 6.34. The van der Waals surface area contributed by atoms with Crippen LogP contribution in [0.15, 0.2) is 53.2 Å². The number of para-hydroxylation sites is 1. The maximum absolute atomic E-state index is 13.1. The molecule has 0 amide bonds. The number of benzene rings is 1. The van der Waals surface area contributed by atoms with Gasteiger partial charge in [0, 0.05) is 37.5 Å². The number of halogens is 1. The quantitative estimate of drug-likeness (QED) is 0.739. The third-order valence-electron chi connectivity index (χ3n) is 5.41. The van der Waals surface area contributed by atoms with E-state index in [2.05, 4.69) is 28.4 Å². The van der Waals surface area contributed by atoms with Crippen LogP contribution in [0.5, 0.6) is 0 Å². The Labute approximate surface area is 175 Å². The van der Waals surface area contributed by atoms with Gasteiger partial charge in [0.2, 0.25) is 0 Å². The normalized spacial score (nSPS) is 25.2. The van der Waals surface area contributed by atoms with E-state index in [0.29, 0.717) is 24.8 Å². The first kappa shape index (κ1) is 20.4. The van der Waals surface area contributed by atoms with Crippen molar-refractivity contribution < 1.29 is 14.2 Å². The molecule has 1 aromatic carbocycles. The minimum atomic E-state index is -0.922. The van der Waals surface area contributed by atoms with Crippen molar-refractivity contribution in [3.63, 3.8) is 0 Å². The summed E-state index contributed by atoms with van der Waals surface area (Å²) in [7, 11) is 0. The van der Waals surface area contributed by atoms with Crippen LogP contribution in [0.2, 0.25) is 0 Å². The molecule has 2 unspecified atom stereocenters. The zero-order chi connectivity index (χ0) is 20.1. The van der Waals surface area contributed by atoms with Gasteiger partial charge in [-0.3, -0.25) is 4.99 Å². The first-order chi connectivity index (χ1) is 14.2. The number of hydrogen-bond acceptors (Lipinski definition) is 5. The molecule has 0 aromatic heterocycles. The Kier molecular flexibility index (Phi) is 6.90. The van der Waals surface area contributed by atoms with Crippen LogP contribution in [-0.4, -0.2) is 59.7 Å². The van der Waals surface area contributed by atoms with Crippen LogP contribution in [0.4, 0.5) is 10.1 Å². The van der Waals surface area contributed by atoms with Crippen LogP contribution in [0.1, 0.15) is 24.8 Å². The molecule has 0 spiro atoms. The Morgan fingerprint density at radius 2 is 2.14 bits per heavy atom. The Morgan fingerprint density at radius 1 is 1.31 bits per heavy atom. The van der Waals surface area contributed by atoms with E-state index < -0.39 is 12.3 Å². The highest BCUT2D eigenvalue weighted by Gasteiger charge is 2.22. The van der Waals surface area contributed by atoms with Crippen molar-refractivity contribution in [1.82, 2.24) is 4.90 Å². The number of β-amino-alcohol motifs (C(OH)–C–C–N with tert-alkyl or cyclic N) is 1. The highest BCUT2D eigenvalue weighted by Crippen LogP contribution is 2.29. The molecule has 2 N–H and O–H groups in total. The summed E-state index contributed by atoms with van der Waals surface area (Å²) in [4.78, 5) is 7.19. The number of thioether (sulfide) groups is 1. The average molecular weight is 418 g/mol. The summed E-state index contributed by atoms with van der Waals surface area (Å²) in [5.41, 5.74) is 2.49. The number of allylic oxidation sites excluding steroid dienone is 3. The van der Waals surface area contributed by atoms with Crippen LogP contribution in [-0.2, 0) is 10.5 Å². The molecule has 3 aliphatic rings. The zero-order valence-electron chi connectivity index (χ0n) is 16.5. The van der Waals surface area contributed by atoms with E-state index in [1.165, 1.54) is 11.6 Å². The molecule has 1 saturated heterocycles. The molecule has 1 aromatic rings. The van der Waals surface area contributed by atoms with E-state index in [1.54, 1.807) is 23.9 Å². The fourth-order valence-corrected chi connectivity index (χ4v) is 4.71. The average Bonchev–Trinajstić information content (AvgIpc) is 2.75. The van der Waals surface area contributed by atoms with Gasteiger partial charge in [-0.15, -0.1) is 0 Å². The van der Waals surface area contributed by atoms with Crippen molar-refractivity contribution >= 4 is 22.6 Å². The van der Waals surface area contributed by atoms with Crippen molar-refractivity contribution in [2.75, 3.05) is 31.6 Å². The van der Waals surface area contributed by atoms with Crippen molar-refractivity contribution in [1.29, 1.82) is 0 Å². The Hall–Kier alpha value is -1.83. The first-order valence-corrected chi connectivity index (χ1v) is 11.3. The molecule has 0 saturated carbocycles. The summed E-state index contributed by atoms with van der Waals surface area (Å²) >= 11 is 1.77. The summed E-state index contributed by atoms with van der Waals surface area (Å²) in [6.07, 6.45) is 5.72. The van der Waals surface area contributed by atoms with E-state index in [4.69, 9.17) is 9.73 Å². The van der Waals surface area contributed by atoms with Crippen LogP contribution in [0.3, 0.4) is 0 Å². The molecule has 1 aliphatic carbocycles. The van der Waals surface area contributed by atoms with Gasteiger partial charge in [0.15, 0.2) is 5.17 Å². The maximum Gasteiger partial charge on any atom is 0.161 e. The SMILES string of the molecule is OC(COC1=CCC(F)C=C1)CN1CCC(N=C2Nc3ccccc3CS2)CC1. The first-order valence-electron chi connectivity index (χ1n) is 10.3. The topological polar surface area (TPSA) is 57.1 Å². The molecule has 5 nitrogen and oxygen atoms in total. The summed E-state index contributed by atoms with van der Waals surface area (Å²) in [5, 5.41) is 14.7. The lowest BCUT2D eigenvalue weighted by atomic mass is 10.1. The molecule has 2 heterocycles. The van der Waals surface area contributed by atoms with Crippen LogP contribution < -0.4 is 5.32 Å². The van der Waals surface area contributed by atoms with Gasteiger partial charge >= 0.3 is 0 Å². The number of anilines is 1. The van der Waals surface area contributed by atoms with Crippen molar-refractivity contribution in [2.45, 2.75) is 43.3 Å². The number of rotatable bonds is 6. The molecule has 7 heteroatoms. The predicted molar refractivity (Wildman–Crippen MR) is 117 cm³/mol. The fourth-order valence-electron chi connectivity index (χ4n) is 3.76. The van der Waals surface area contributed by atoms with Gasteiger partial charge in [-0.1, -0.05) is 30.0 Å². The Balaban J connectivity index is 1.18. The number of aliphatic hydroxyl groups is 1. The highest BCUT2D eigenvalue weighted by atomic mass is 32.2. The van der Waals surface area contributed by atoms with Crippen molar-refractivity contribution in [3.8, 4) is 0 Å². The van der Waals surface area contributed by atoms with Gasteiger partial charge < -0.3 is 20.1 Å². The van der Waals surface area contributed by atoms with Gasteiger partial charge in [-0.05, 0) is 42.7 Å². The molecule has 4 rings (SSSR count). The predicted octanol–water partition coefficient (Wildman–Crippen LogP) is 3.73. The number of fused-ring (bicyclic) bond motifs is 1. The molecule has 0 radical (unpaired) electrons. The zero-order valence-corrected chi connectivity index (χ0v) is 17.3. The van der Waals surface area contributed by atoms with Crippen LogP contribution in [0, 0.1) is 0 Å². The van der Waals surface area contributed by atoms with E-state index in [0.717, 1.165) is 42.5 Å². The number of aliphatic imine (C=N–C) groups is 1. The Bertz CT molecular complexity index is 790. The summed E-state index contributed by atoms with van der Waals surface area (Å²) in [5.74, 6) is 1.61. The molecule has 156 valence electrons. The lowest BCUT2D eigenvalue weighted by molar-refractivity contribution is 0.0391. The molecule has 0 bridgehead atoms. The number of ether oxygens (including phenoxy) is 1. The minimum Gasteiger partial charge on any atom is -0.491 e. The van der Waals surface area contributed by atoms with E-state index in [9.17, 15) is 9.50 Å². The van der Waals surface area contributed by atoms with Gasteiger partial charge in [0.1, 0.15) is 24.6 Å². The lowest BCUT2D eigenvalue weighted by Gasteiger charge is -2.32. The maximum atomic E-state index is 13.1. The number of piperidine rings is 1. The number of alkyl halides is 1. The van der Waals surface area contributed by atoms with Crippen molar-refractivity contribution in [3.05, 3.63) is 53.8 Å². The lowest BCUT2D eigenvalue weighted by Crippen LogP contribution is -2.41. The second-order valence-electron chi connectivity index (χ2n) is 7.72. The molecule has 1 fully saturated rings. The number of hydrogen-bond donors (Lipinski definition) is 2. The van der Waals surface area contributed by atoms with Gasteiger partial charge in [0.25, 0.3) is 0 Å². The number of aliphatic hydroxyl groups excluding tert-OH is 1. The fraction of sp³-hybridized carbons (Fsp3) is 0.500. The van der Waals surface area contributed by atoms with Crippen molar-refractivity contribution in [2.24, 2.45) is 4.99 Å². The van der Waals surface area contributed by atoms with Gasteiger partial charge in [-0.2, -0.15) is 0 Å². The second kappa shape index (κ2) is 9.78. The summed E-state index contributed by atoms with van der Waals surface area (Å²) < 4.78 is 18.6. The second-order valence-corrected chi connectivity index (χ2v) is 8.68. The molecule has 29 heavy (non-hydrogen) atoms. The third kappa shape index (κ3) is 5.84. The van der Waals surface area contributed by atoms with E-state index in [1.807, 2.05) is 6.07 Å². The molecular weight excluding hydrogens is 389 g/mol. The monoisotopic (exact) mass is 417 g/mol. The molecule has 2 aliphatic heterocycles. The molecular formula is C22H28FN3O2S. The van der Waals surface area contributed by atoms with E-state index in [-0.39, 0.29) is 6.61 Å². The smallest absolute Gasteiger partial charge is 0.161 e. The largest absolute Gasteiger partial charge is 0.491 e. The van der Waals surface area contributed by atoms with Gasteiger partial charge in [-0.25, -0.2) is 4.39 Å². The molecule has 2 atom stereocenters. The Morgan fingerprint density at radius 3 is 2.93 bits per heavy atom.